The van der Waals surface area contributed by atoms with Crippen molar-refractivity contribution in [1.29, 1.82) is 0 Å². The van der Waals surface area contributed by atoms with Crippen molar-refractivity contribution in [2.45, 2.75) is 50.5 Å². The minimum Gasteiger partial charge on any atom is -0.489 e. The van der Waals surface area contributed by atoms with E-state index in [-0.39, 0.29) is 23.6 Å². The number of nitrogens with zero attached hydrogens (tertiary/aromatic N) is 1. The van der Waals surface area contributed by atoms with Crippen molar-refractivity contribution < 1.29 is 42.1 Å². The molecule has 38 heavy (non-hydrogen) atoms. The molecule has 2 heterocycles. The Labute approximate surface area is 222 Å². The van der Waals surface area contributed by atoms with Gasteiger partial charge in [0.05, 0.1) is 5.69 Å². The van der Waals surface area contributed by atoms with E-state index in [1.54, 1.807) is 0 Å². The fraction of sp³-hybridized carbons (Fsp3) is 0.462. The van der Waals surface area contributed by atoms with Crippen molar-refractivity contribution in [3.05, 3.63) is 47.0 Å². The number of likely N-dealkylation sites (tertiary alicyclic amines) is 1. The second-order valence-electron chi connectivity index (χ2n) is 9.53. The Morgan fingerprint density at radius 3 is 2.61 bits per heavy atom. The highest BCUT2D eigenvalue weighted by Gasteiger charge is 2.42. The molecule has 1 amide bonds. The molecular formula is C26H28ClF3N2O6. The third kappa shape index (κ3) is 7.09. The summed E-state index contributed by atoms with van der Waals surface area (Å²) >= 11 is 6.09. The predicted molar refractivity (Wildman–Crippen MR) is 133 cm³/mol. The Morgan fingerprint density at radius 1 is 1.18 bits per heavy atom. The largest absolute Gasteiger partial charge is 0.491 e. The molecule has 2 aromatic carbocycles. The highest BCUT2D eigenvalue weighted by molar-refractivity contribution is 6.30. The minimum atomic E-state index is -5.17. The van der Waals surface area contributed by atoms with Gasteiger partial charge in [0, 0.05) is 37.6 Å². The summed E-state index contributed by atoms with van der Waals surface area (Å²) in [5, 5.41) is 13.8. The van der Waals surface area contributed by atoms with E-state index in [1.165, 1.54) is 13.0 Å². The second kappa shape index (κ2) is 11.4. The van der Waals surface area contributed by atoms with E-state index in [0.29, 0.717) is 24.7 Å². The number of aryl methyl sites for hydroxylation is 1. The number of carbonyl (C=O) groups is 2. The maximum atomic E-state index is 12.5. The first-order valence-corrected chi connectivity index (χ1v) is 12.5. The molecule has 2 aromatic rings. The van der Waals surface area contributed by atoms with Crippen LogP contribution < -0.4 is 19.5 Å². The van der Waals surface area contributed by atoms with Crippen molar-refractivity contribution in [1.82, 2.24) is 4.90 Å². The first kappa shape index (κ1) is 28.0. The number of carbonyl (C=O) groups excluding carboxylic acids is 2. The monoisotopic (exact) mass is 556 g/mol. The molecule has 0 aromatic heterocycles. The fourth-order valence-electron chi connectivity index (χ4n) is 4.67. The van der Waals surface area contributed by atoms with Crippen LogP contribution in [-0.2, 0) is 16.0 Å². The van der Waals surface area contributed by atoms with Crippen LogP contribution in [0.3, 0.4) is 0 Å². The van der Waals surface area contributed by atoms with Gasteiger partial charge in [-0.2, -0.15) is 13.2 Å². The molecule has 12 heteroatoms. The molecule has 0 radical (unpaired) electrons. The van der Waals surface area contributed by atoms with Crippen LogP contribution in [0.4, 0.5) is 18.9 Å². The first-order chi connectivity index (χ1) is 17.9. The smallest absolute Gasteiger partial charge is 0.489 e. The van der Waals surface area contributed by atoms with Crippen LogP contribution in [0.2, 0.25) is 5.02 Å². The number of hydrogen-bond acceptors (Lipinski definition) is 7. The fourth-order valence-corrected chi connectivity index (χ4v) is 4.86. The highest BCUT2D eigenvalue weighted by atomic mass is 35.5. The Hall–Kier alpha value is -3.02. The number of amides is 1. The van der Waals surface area contributed by atoms with Crippen LogP contribution in [0.1, 0.15) is 31.7 Å². The van der Waals surface area contributed by atoms with Gasteiger partial charge in [0.2, 0.25) is 5.91 Å². The van der Waals surface area contributed by atoms with Crippen LogP contribution in [0, 0.1) is 0 Å². The summed E-state index contributed by atoms with van der Waals surface area (Å²) in [6.45, 7) is 2.78. The average molecular weight is 557 g/mol. The molecule has 4 rings (SSSR count). The van der Waals surface area contributed by atoms with Gasteiger partial charge in [0.25, 0.3) is 0 Å². The van der Waals surface area contributed by atoms with E-state index in [0.717, 1.165) is 49.1 Å². The van der Waals surface area contributed by atoms with Gasteiger partial charge >= 0.3 is 12.1 Å². The first-order valence-electron chi connectivity index (χ1n) is 12.1. The van der Waals surface area contributed by atoms with Gasteiger partial charge in [-0.25, -0.2) is 4.79 Å². The third-order valence-electron chi connectivity index (χ3n) is 6.57. The Morgan fingerprint density at radius 2 is 1.92 bits per heavy atom. The average Bonchev–Trinajstić information content (AvgIpc) is 2.85. The SMILES string of the molecule is CC(=O)Nc1ccc(OC(=O)C(F)(F)F)cc1OC[C@@H](O)CN1CCC2(CCc3cc(Cl)ccc3O2)CC1. The molecule has 0 aliphatic carbocycles. The number of ether oxygens (including phenoxy) is 3. The van der Waals surface area contributed by atoms with E-state index in [1.807, 2.05) is 18.2 Å². The van der Waals surface area contributed by atoms with E-state index < -0.39 is 29.9 Å². The van der Waals surface area contributed by atoms with E-state index in [9.17, 15) is 27.9 Å². The summed E-state index contributed by atoms with van der Waals surface area (Å²) in [5.74, 6) is -2.41. The number of β-amino-alcohol motifs (C(OH)–C–C–N with tert-alkyl or cyclic N) is 1. The maximum Gasteiger partial charge on any atom is 0.491 e. The maximum absolute atomic E-state index is 12.5. The molecule has 206 valence electrons. The Bertz CT molecular complexity index is 1180. The van der Waals surface area contributed by atoms with Crippen LogP contribution in [0.15, 0.2) is 36.4 Å². The number of nitrogens with one attached hydrogen (secondary N) is 1. The number of anilines is 1. The summed E-state index contributed by atoms with van der Waals surface area (Å²) < 4.78 is 54.0. The minimum absolute atomic E-state index is 0.0429. The third-order valence-corrected chi connectivity index (χ3v) is 6.81. The van der Waals surface area contributed by atoms with E-state index in [4.69, 9.17) is 21.1 Å². The van der Waals surface area contributed by atoms with Gasteiger partial charge in [-0.15, -0.1) is 0 Å². The summed E-state index contributed by atoms with van der Waals surface area (Å²) in [6, 6.07) is 9.06. The van der Waals surface area contributed by atoms with Crippen LogP contribution in [-0.4, -0.2) is 66.0 Å². The summed E-state index contributed by atoms with van der Waals surface area (Å²) in [6.07, 6.45) is -2.73. The highest BCUT2D eigenvalue weighted by Crippen LogP contribution is 2.40. The number of halogens is 4. The molecule has 2 N–H and O–H groups in total. The Kier molecular flexibility index (Phi) is 8.39. The van der Waals surface area contributed by atoms with Gasteiger partial charge < -0.3 is 29.5 Å². The van der Waals surface area contributed by atoms with Crippen molar-refractivity contribution >= 4 is 29.2 Å². The van der Waals surface area contributed by atoms with Gasteiger partial charge in [-0.3, -0.25) is 4.79 Å². The summed E-state index contributed by atoms with van der Waals surface area (Å²) in [4.78, 5) is 24.8. The molecule has 0 bridgehead atoms. The number of aliphatic hydroxyl groups excluding tert-OH is 1. The lowest BCUT2D eigenvalue weighted by atomic mass is 9.83. The summed E-state index contributed by atoms with van der Waals surface area (Å²) in [7, 11) is 0. The van der Waals surface area contributed by atoms with E-state index in [2.05, 4.69) is 15.0 Å². The van der Waals surface area contributed by atoms with Crippen LogP contribution in [0.5, 0.6) is 17.2 Å². The number of benzene rings is 2. The van der Waals surface area contributed by atoms with Crippen LogP contribution in [0.25, 0.3) is 0 Å². The lowest BCUT2D eigenvalue weighted by molar-refractivity contribution is -0.189. The van der Waals surface area contributed by atoms with Crippen molar-refractivity contribution in [2.24, 2.45) is 0 Å². The molecule has 2 aliphatic heterocycles. The molecule has 2 aliphatic rings. The number of rotatable bonds is 7. The van der Waals surface area contributed by atoms with E-state index >= 15 is 0 Å². The predicted octanol–water partition coefficient (Wildman–Crippen LogP) is 4.37. The standard InChI is InChI=1S/C26H28ClF3N2O6/c1-16(33)31-21-4-3-20(37-24(35)26(28,29)30)13-23(21)36-15-19(34)14-32-10-8-25(9-11-32)7-6-17-12-18(27)2-5-22(17)38-25/h2-5,12-13,19,34H,6-11,14-15H2,1H3,(H,31,33)/t19-/m0/s1. The number of fused-ring (bicyclic) bond motifs is 1. The summed E-state index contributed by atoms with van der Waals surface area (Å²) in [5.41, 5.74) is 1.02. The molecule has 8 nitrogen and oxygen atoms in total. The van der Waals surface area contributed by atoms with Gasteiger partial charge in [0.15, 0.2) is 0 Å². The molecule has 1 fully saturated rings. The molecule has 1 spiro atoms. The molecule has 1 atom stereocenters. The quantitative estimate of drug-likeness (QED) is 0.386. The second-order valence-corrected chi connectivity index (χ2v) is 9.97. The zero-order chi connectivity index (χ0) is 27.5. The van der Waals surface area contributed by atoms with Crippen molar-refractivity contribution in [3.63, 3.8) is 0 Å². The molecule has 1 saturated heterocycles. The number of hydrogen-bond donors (Lipinski definition) is 2. The Balaban J connectivity index is 1.31. The molecule has 0 saturated carbocycles. The molecular weight excluding hydrogens is 529 g/mol. The van der Waals surface area contributed by atoms with Crippen molar-refractivity contribution in [2.75, 3.05) is 31.6 Å². The molecule has 0 unspecified atom stereocenters. The zero-order valence-electron chi connectivity index (χ0n) is 20.6. The number of esters is 1. The van der Waals surface area contributed by atoms with Gasteiger partial charge in [-0.05, 0) is 61.6 Å². The number of alkyl halides is 3. The van der Waals surface area contributed by atoms with Gasteiger partial charge in [-0.1, -0.05) is 11.6 Å². The van der Waals surface area contributed by atoms with Gasteiger partial charge in [0.1, 0.15) is 35.6 Å². The lowest BCUT2D eigenvalue weighted by Crippen LogP contribution is -2.51. The van der Waals surface area contributed by atoms with Crippen LogP contribution >= 0.6 is 11.6 Å². The normalized spacial score (nSPS) is 17.7. The number of aliphatic hydroxyl groups is 1. The topological polar surface area (TPSA) is 97.3 Å². The van der Waals surface area contributed by atoms with Crippen molar-refractivity contribution in [3.8, 4) is 17.2 Å². The number of piperidine rings is 1. The lowest BCUT2D eigenvalue weighted by Gasteiger charge is -2.45. The zero-order valence-corrected chi connectivity index (χ0v) is 21.4.